The Kier molecular flexibility index (Phi) is 9.07. The fraction of sp³-hybridized carbons (Fsp3) is 0.706. The van der Waals surface area contributed by atoms with Gasteiger partial charge in [0.15, 0.2) is 0 Å². The van der Waals surface area contributed by atoms with Crippen molar-refractivity contribution in [3.8, 4) is 0 Å². The molecule has 0 radical (unpaired) electrons. The molecule has 1 heterocycles. The SMILES string of the molecule is CCCCOC(=O)[C@H](CC(C)C)N[C@@H](Cc1cc[nH]n1)C(=O)OC. The number of hydrogen-bond donors (Lipinski definition) is 2. The molecule has 0 amide bonds. The summed E-state index contributed by atoms with van der Waals surface area (Å²) in [6.07, 6.45) is 4.40. The fourth-order valence-electron chi connectivity index (χ4n) is 2.33. The molecule has 1 aromatic heterocycles. The van der Waals surface area contributed by atoms with Crippen molar-refractivity contribution in [1.29, 1.82) is 0 Å². The Morgan fingerprint density at radius 1 is 1.29 bits per heavy atom. The molecular weight excluding hydrogens is 310 g/mol. The quantitative estimate of drug-likeness (QED) is 0.472. The molecule has 2 N–H and O–H groups in total. The van der Waals surface area contributed by atoms with Crippen LogP contribution in [-0.4, -0.2) is 47.9 Å². The Hall–Kier alpha value is -1.89. The lowest BCUT2D eigenvalue weighted by Crippen LogP contribution is -2.49. The minimum absolute atomic E-state index is 0.282. The zero-order chi connectivity index (χ0) is 17.9. The summed E-state index contributed by atoms with van der Waals surface area (Å²) in [5, 5.41) is 9.87. The maximum Gasteiger partial charge on any atom is 0.323 e. The van der Waals surface area contributed by atoms with Gasteiger partial charge in [-0.1, -0.05) is 27.2 Å². The van der Waals surface area contributed by atoms with E-state index >= 15 is 0 Å². The van der Waals surface area contributed by atoms with Crippen LogP contribution < -0.4 is 5.32 Å². The van der Waals surface area contributed by atoms with E-state index in [2.05, 4.69) is 15.5 Å². The van der Waals surface area contributed by atoms with Gasteiger partial charge in [0.1, 0.15) is 12.1 Å². The molecular formula is C17H29N3O4. The number of ether oxygens (including phenoxy) is 2. The van der Waals surface area contributed by atoms with Gasteiger partial charge in [-0.2, -0.15) is 5.10 Å². The summed E-state index contributed by atoms with van der Waals surface area (Å²) in [6.45, 7) is 6.48. The van der Waals surface area contributed by atoms with Gasteiger partial charge < -0.3 is 9.47 Å². The lowest BCUT2D eigenvalue weighted by atomic mass is 10.0. The molecule has 0 saturated heterocycles. The maximum absolute atomic E-state index is 12.3. The summed E-state index contributed by atoms with van der Waals surface area (Å²) < 4.78 is 10.2. The number of aromatic amines is 1. The first-order valence-electron chi connectivity index (χ1n) is 8.47. The van der Waals surface area contributed by atoms with Crippen LogP contribution in [0.2, 0.25) is 0 Å². The van der Waals surface area contributed by atoms with Crippen molar-refractivity contribution in [1.82, 2.24) is 15.5 Å². The number of hydrogen-bond acceptors (Lipinski definition) is 6. The monoisotopic (exact) mass is 339 g/mol. The topological polar surface area (TPSA) is 93.3 Å². The molecule has 0 saturated carbocycles. The predicted octanol–water partition coefficient (Wildman–Crippen LogP) is 1.84. The fourth-order valence-corrected chi connectivity index (χ4v) is 2.33. The Morgan fingerprint density at radius 2 is 2.04 bits per heavy atom. The molecule has 1 rings (SSSR count). The minimum Gasteiger partial charge on any atom is -0.468 e. The van der Waals surface area contributed by atoms with Gasteiger partial charge >= 0.3 is 11.9 Å². The third kappa shape index (κ3) is 7.12. The second kappa shape index (κ2) is 10.8. The van der Waals surface area contributed by atoms with Crippen molar-refractivity contribution < 1.29 is 19.1 Å². The number of carbonyl (C=O) groups excluding carboxylic acids is 2. The van der Waals surface area contributed by atoms with Gasteiger partial charge in [0.05, 0.1) is 19.4 Å². The first-order valence-corrected chi connectivity index (χ1v) is 8.47. The normalized spacial score (nSPS) is 13.5. The molecule has 0 fully saturated rings. The molecule has 24 heavy (non-hydrogen) atoms. The summed E-state index contributed by atoms with van der Waals surface area (Å²) in [5.74, 6) is -0.467. The molecule has 0 aliphatic heterocycles. The van der Waals surface area contributed by atoms with Crippen molar-refractivity contribution in [2.75, 3.05) is 13.7 Å². The van der Waals surface area contributed by atoms with Gasteiger partial charge in [0.2, 0.25) is 0 Å². The highest BCUT2D eigenvalue weighted by Gasteiger charge is 2.29. The zero-order valence-electron chi connectivity index (χ0n) is 15.0. The van der Waals surface area contributed by atoms with E-state index in [1.54, 1.807) is 12.3 Å². The van der Waals surface area contributed by atoms with Crippen molar-refractivity contribution in [2.45, 2.75) is 58.5 Å². The third-order valence-electron chi connectivity index (χ3n) is 3.59. The second-order valence-corrected chi connectivity index (χ2v) is 6.22. The highest BCUT2D eigenvalue weighted by molar-refractivity contribution is 5.79. The van der Waals surface area contributed by atoms with E-state index in [4.69, 9.17) is 9.47 Å². The van der Waals surface area contributed by atoms with Crippen molar-refractivity contribution in [3.05, 3.63) is 18.0 Å². The van der Waals surface area contributed by atoms with Crippen LogP contribution in [0.4, 0.5) is 0 Å². The van der Waals surface area contributed by atoms with Gasteiger partial charge in [-0.3, -0.25) is 20.0 Å². The first kappa shape index (κ1) is 20.2. The van der Waals surface area contributed by atoms with E-state index in [1.807, 2.05) is 20.8 Å². The molecule has 2 atom stereocenters. The average Bonchev–Trinajstić information content (AvgIpc) is 3.05. The summed E-state index contributed by atoms with van der Waals surface area (Å²) in [6, 6.07) is 0.583. The van der Waals surface area contributed by atoms with Crippen LogP contribution >= 0.6 is 0 Å². The minimum atomic E-state index is -0.652. The van der Waals surface area contributed by atoms with Crippen LogP contribution in [0.3, 0.4) is 0 Å². The van der Waals surface area contributed by atoms with Gasteiger partial charge in [-0.25, -0.2) is 0 Å². The zero-order valence-corrected chi connectivity index (χ0v) is 15.0. The molecule has 0 bridgehead atoms. The molecule has 0 spiro atoms. The Labute approximate surface area is 143 Å². The Balaban J connectivity index is 2.77. The van der Waals surface area contributed by atoms with Crippen LogP contribution in [0.1, 0.15) is 45.7 Å². The van der Waals surface area contributed by atoms with Crippen LogP contribution in [-0.2, 0) is 25.5 Å². The number of esters is 2. The summed E-state index contributed by atoms with van der Waals surface area (Å²) in [4.78, 5) is 24.4. The van der Waals surface area contributed by atoms with Crippen molar-refractivity contribution in [2.24, 2.45) is 5.92 Å². The van der Waals surface area contributed by atoms with Crippen LogP contribution in [0, 0.1) is 5.92 Å². The molecule has 136 valence electrons. The molecule has 7 nitrogen and oxygen atoms in total. The number of unbranched alkanes of at least 4 members (excludes halogenated alkanes) is 1. The number of H-pyrrole nitrogens is 1. The van der Waals surface area contributed by atoms with E-state index in [0.717, 1.165) is 18.5 Å². The summed E-state index contributed by atoms with van der Waals surface area (Å²) in [7, 11) is 1.33. The summed E-state index contributed by atoms with van der Waals surface area (Å²) in [5.41, 5.74) is 0.723. The number of nitrogens with one attached hydrogen (secondary N) is 2. The van der Waals surface area contributed by atoms with E-state index < -0.39 is 18.1 Å². The average molecular weight is 339 g/mol. The number of rotatable bonds is 11. The largest absolute Gasteiger partial charge is 0.468 e. The molecule has 1 aromatic rings. The van der Waals surface area contributed by atoms with Crippen molar-refractivity contribution in [3.63, 3.8) is 0 Å². The number of carbonyl (C=O) groups is 2. The predicted molar refractivity (Wildman–Crippen MR) is 90.3 cm³/mol. The van der Waals surface area contributed by atoms with Crippen LogP contribution in [0.25, 0.3) is 0 Å². The van der Waals surface area contributed by atoms with E-state index in [9.17, 15) is 9.59 Å². The van der Waals surface area contributed by atoms with Crippen LogP contribution in [0.5, 0.6) is 0 Å². The number of aromatic nitrogens is 2. The van der Waals surface area contributed by atoms with E-state index in [-0.39, 0.29) is 11.9 Å². The molecule has 0 aliphatic carbocycles. The lowest BCUT2D eigenvalue weighted by molar-refractivity contribution is -0.148. The van der Waals surface area contributed by atoms with E-state index in [0.29, 0.717) is 19.4 Å². The highest BCUT2D eigenvalue weighted by atomic mass is 16.5. The molecule has 0 unspecified atom stereocenters. The molecule has 0 aromatic carbocycles. The second-order valence-electron chi connectivity index (χ2n) is 6.22. The van der Waals surface area contributed by atoms with Gasteiger partial charge in [0.25, 0.3) is 0 Å². The van der Waals surface area contributed by atoms with Gasteiger partial charge in [-0.15, -0.1) is 0 Å². The lowest BCUT2D eigenvalue weighted by Gasteiger charge is -2.24. The standard InChI is InChI=1S/C17H29N3O4/c1-5-6-9-24-17(22)14(10-12(2)3)19-15(16(21)23-4)11-13-7-8-18-20-13/h7-8,12,14-15,19H,5-6,9-11H2,1-4H3,(H,18,20)/t14-,15-/m0/s1. The maximum atomic E-state index is 12.3. The highest BCUT2D eigenvalue weighted by Crippen LogP contribution is 2.10. The molecule has 0 aliphatic rings. The number of methoxy groups -OCH3 is 1. The van der Waals surface area contributed by atoms with Gasteiger partial charge in [0, 0.05) is 12.6 Å². The van der Waals surface area contributed by atoms with Gasteiger partial charge in [-0.05, 0) is 24.8 Å². The molecule has 7 heteroatoms. The van der Waals surface area contributed by atoms with E-state index in [1.165, 1.54) is 7.11 Å². The summed E-state index contributed by atoms with van der Waals surface area (Å²) >= 11 is 0. The Bertz CT molecular complexity index is 488. The number of nitrogens with zero attached hydrogens (tertiary/aromatic N) is 1. The third-order valence-corrected chi connectivity index (χ3v) is 3.59. The van der Waals surface area contributed by atoms with Crippen LogP contribution in [0.15, 0.2) is 12.3 Å². The first-order chi connectivity index (χ1) is 11.5. The van der Waals surface area contributed by atoms with Crippen molar-refractivity contribution >= 4 is 11.9 Å². The smallest absolute Gasteiger partial charge is 0.323 e. The Morgan fingerprint density at radius 3 is 2.58 bits per heavy atom.